The largest absolute Gasteiger partial charge is 0.496 e. The molecule has 2 aromatic rings. The van der Waals surface area contributed by atoms with Gasteiger partial charge in [-0.2, -0.15) is 0 Å². The van der Waals surface area contributed by atoms with Gasteiger partial charge in [0.2, 0.25) is 0 Å². The van der Waals surface area contributed by atoms with E-state index in [2.05, 4.69) is 71.9 Å². The van der Waals surface area contributed by atoms with Gasteiger partial charge >= 0.3 is 7.12 Å². The van der Waals surface area contributed by atoms with Crippen LogP contribution >= 0.6 is 0 Å². The third-order valence-electron chi connectivity index (χ3n) is 8.52. The number of hydrogen-bond acceptors (Lipinski definition) is 3. The molecule has 30 heavy (non-hydrogen) atoms. The Labute approximate surface area is 181 Å². The molecular weight excluding hydrogens is 369 g/mol. The van der Waals surface area contributed by atoms with Crippen LogP contribution in [0, 0.1) is 5.92 Å². The number of rotatable bonds is 2. The summed E-state index contributed by atoms with van der Waals surface area (Å²) in [7, 11) is -0.362. The summed E-state index contributed by atoms with van der Waals surface area (Å²) in [5.74, 6) is 1.46. The van der Waals surface area contributed by atoms with E-state index in [-0.39, 0.29) is 18.3 Å². The molecule has 1 saturated carbocycles. The first kappa shape index (κ1) is 20.3. The highest BCUT2D eigenvalue weighted by molar-refractivity contribution is 6.62. The van der Waals surface area contributed by atoms with E-state index in [0.29, 0.717) is 11.3 Å². The van der Waals surface area contributed by atoms with Crippen molar-refractivity contribution in [1.82, 2.24) is 4.98 Å². The second-order valence-electron chi connectivity index (χ2n) is 11.1. The Balaban J connectivity index is 1.44. The summed E-state index contributed by atoms with van der Waals surface area (Å²) in [6.07, 6.45) is 7.33. The van der Waals surface area contributed by atoms with E-state index in [4.69, 9.17) is 14.3 Å². The highest BCUT2D eigenvalue weighted by Gasteiger charge is 2.51. The molecule has 4 heteroatoms. The molecule has 2 aliphatic carbocycles. The lowest BCUT2D eigenvalue weighted by atomic mass is 9.57. The number of benzene rings is 1. The van der Waals surface area contributed by atoms with Gasteiger partial charge in [-0.15, -0.1) is 0 Å². The molecule has 0 amide bonds. The Kier molecular flexibility index (Phi) is 4.51. The summed E-state index contributed by atoms with van der Waals surface area (Å²) >= 11 is 0. The van der Waals surface area contributed by atoms with Crippen molar-refractivity contribution >= 4 is 12.6 Å². The lowest BCUT2D eigenvalue weighted by Gasteiger charge is -2.47. The van der Waals surface area contributed by atoms with E-state index >= 15 is 0 Å². The highest BCUT2D eigenvalue weighted by Crippen LogP contribution is 2.53. The van der Waals surface area contributed by atoms with Crippen molar-refractivity contribution in [3.63, 3.8) is 0 Å². The van der Waals surface area contributed by atoms with Crippen LogP contribution in [0.3, 0.4) is 0 Å². The van der Waals surface area contributed by atoms with Crippen LogP contribution < -0.4 is 5.46 Å². The average Bonchev–Trinajstić information content (AvgIpc) is 2.93. The minimum absolute atomic E-state index is 0.334. The second kappa shape index (κ2) is 6.67. The second-order valence-corrected chi connectivity index (χ2v) is 11.1. The summed E-state index contributed by atoms with van der Waals surface area (Å²) in [6, 6.07) is 11.3. The van der Waals surface area contributed by atoms with E-state index in [1.165, 1.54) is 31.2 Å². The first-order valence-electron chi connectivity index (χ1n) is 11.6. The molecule has 0 N–H and O–H groups in total. The van der Waals surface area contributed by atoms with Crippen molar-refractivity contribution in [1.29, 1.82) is 0 Å². The van der Waals surface area contributed by atoms with Crippen molar-refractivity contribution in [2.24, 2.45) is 5.92 Å². The van der Waals surface area contributed by atoms with Crippen LogP contribution in [-0.2, 0) is 14.7 Å². The van der Waals surface area contributed by atoms with Crippen molar-refractivity contribution < 1.29 is 9.31 Å². The molecule has 1 aromatic heterocycles. The number of nitrogens with zero attached hydrogens (tertiary/aromatic N) is 1. The van der Waals surface area contributed by atoms with Crippen LogP contribution in [-0.4, -0.2) is 23.3 Å². The molecule has 158 valence electrons. The van der Waals surface area contributed by atoms with E-state index in [9.17, 15) is 0 Å². The van der Waals surface area contributed by atoms with Crippen LogP contribution in [0.1, 0.15) is 84.3 Å². The fourth-order valence-corrected chi connectivity index (χ4v) is 5.81. The lowest BCUT2D eigenvalue weighted by molar-refractivity contribution is 0.00578. The maximum absolute atomic E-state index is 6.18. The molecule has 2 bridgehead atoms. The van der Waals surface area contributed by atoms with Gasteiger partial charge in [-0.25, -0.2) is 0 Å². The quantitative estimate of drug-likeness (QED) is 0.611. The topological polar surface area (TPSA) is 31.4 Å². The summed E-state index contributed by atoms with van der Waals surface area (Å²) in [5.41, 5.74) is 6.02. The fraction of sp³-hybridized carbons (Fsp3) is 0.577. The van der Waals surface area contributed by atoms with Gasteiger partial charge in [0.15, 0.2) is 0 Å². The van der Waals surface area contributed by atoms with Gasteiger partial charge in [-0.1, -0.05) is 38.5 Å². The van der Waals surface area contributed by atoms with Crippen LogP contribution in [0.4, 0.5) is 0 Å². The SMILES string of the molecule is CC1c2cc(-c3ccc(B4OC(C)(C)C(C)(C)O4)cn3)ccc2C2(C)CCCC1C2. The molecule has 3 unspecified atom stereocenters. The predicted octanol–water partition coefficient (Wildman–Crippen LogP) is 5.61. The third-order valence-corrected chi connectivity index (χ3v) is 8.52. The monoisotopic (exact) mass is 403 g/mol. The van der Waals surface area contributed by atoms with Gasteiger partial charge < -0.3 is 9.31 Å². The predicted molar refractivity (Wildman–Crippen MR) is 123 cm³/mol. The van der Waals surface area contributed by atoms with Gasteiger partial charge in [0.25, 0.3) is 0 Å². The number of pyridine rings is 1. The number of fused-ring (bicyclic) bond motifs is 4. The Hall–Kier alpha value is -1.65. The first-order chi connectivity index (χ1) is 14.1. The molecule has 0 radical (unpaired) electrons. The van der Waals surface area contributed by atoms with Crippen LogP contribution in [0.25, 0.3) is 11.3 Å². The molecule has 1 aromatic carbocycles. The lowest BCUT2D eigenvalue weighted by Crippen LogP contribution is -2.41. The van der Waals surface area contributed by atoms with Gasteiger partial charge in [0, 0.05) is 17.2 Å². The highest BCUT2D eigenvalue weighted by atomic mass is 16.7. The summed E-state index contributed by atoms with van der Waals surface area (Å²) in [6.45, 7) is 13.2. The van der Waals surface area contributed by atoms with Crippen molar-refractivity contribution in [3.8, 4) is 11.3 Å². The fourth-order valence-electron chi connectivity index (χ4n) is 5.81. The number of aromatic nitrogens is 1. The molecule has 3 nitrogen and oxygen atoms in total. The molecule has 1 saturated heterocycles. The maximum Gasteiger partial charge on any atom is 0.496 e. The van der Waals surface area contributed by atoms with Gasteiger partial charge in [-0.3, -0.25) is 4.98 Å². The zero-order valence-electron chi connectivity index (χ0n) is 19.3. The number of hydrogen-bond donors (Lipinski definition) is 0. The Morgan fingerprint density at radius 1 is 1.00 bits per heavy atom. The maximum atomic E-state index is 6.18. The van der Waals surface area contributed by atoms with E-state index in [0.717, 1.165) is 17.1 Å². The minimum atomic E-state index is -0.362. The molecule has 3 atom stereocenters. The molecule has 3 aliphatic rings. The molecule has 2 heterocycles. The minimum Gasteiger partial charge on any atom is -0.399 e. The van der Waals surface area contributed by atoms with Gasteiger partial charge in [0.1, 0.15) is 0 Å². The summed E-state index contributed by atoms with van der Waals surface area (Å²) in [4.78, 5) is 4.79. The third kappa shape index (κ3) is 3.06. The molecule has 1 aliphatic heterocycles. The average molecular weight is 403 g/mol. The van der Waals surface area contributed by atoms with Gasteiger partial charge in [0.05, 0.1) is 16.9 Å². The van der Waals surface area contributed by atoms with Crippen LogP contribution in [0.15, 0.2) is 36.5 Å². The van der Waals surface area contributed by atoms with Crippen LogP contribution in [0.2, 0.25) is 0 Å². The first-order valence-corrected chi connectivity index (χ1v) is 11.6. The van der Waals surface area contributed by atoms with E-state index < -0.39 is 0 Å². The molecular formula is C26H34BNO2. The van der Waals surface area contributed by atoms with Crippen LogP contribution in [0.5, 0.6) is 0 Å². The smallest absolute Gasteiger partial charge is 0.399 e. The van der Waals surface area contributed by atoms with E-state index in [1.807, 2.05) is 6.20 Å². The van der Waals surface area contributed by atoms with Crippen molar-refractivity contribution in [2.45, 2.75) is 89.8 Å². The zero-order valence-corrected chi connectivity index (χ0v) is 19.3. The molecule has 5 rings (SSSR count). The Bertz CT molecular complexity index is 951. The Morgan fingerprint density at radius 2 is 1.73 bits per heavy atom. The summed E-state index contributed by atoms with van der Waals surface area (Å²) in [5, 5.41) is 0. The normalized spacial score (nSPS) is 31.5. The van der Waals surface area contributed by atoms with E-state index in [1.54, 1.807) is 11.1 Å². The van der Waals surface area contributed by atoms with Gasteiger partial charge in [-0.05, 0) is 87.5 Å². The summed E-state index contributed by atoms with van der Waals surface area (Å²) < 4.78 is 12.4. The molecule has 0 spiro atoms. The standard InChI is InChI=1S/C26H34BNO2/c1-17-19-8-7-13-26(6,15-19)22-11-9-18(14-21(17)22)23-12-10-20(16-28-23)27-29-24(2,3)25(4,5)30-27/h9-12,14,16-17,19H,7-8,13,15H2,1-6H3. The van der Waals surface area contributed by atoms with Crippen molar-refractivity contribution in [2.75, 3.05) is 0 Å². The Morgan fingerprint density at radius 3 is 2.40 bits per heavy atom. The van der Waals surface area contributed by atoms with Crippen molar-refractivity contribution in [3.05, 3.63) is 47.7 Å². The molecule has 2 fully saturated rings. The zero-order chi connectivity index (χ0) is 21.3.